The summed E-state index contributed by atoms with van der Waals surface area (Å²) >= 11 is 6.03. The Morgan fingerprint density at radius 2 is 1.68 bits per heavy atom. The molecule has 0 aliphatic carbocycles. The van der Waals surface area contributed by atoms with Gasteiger partial charge in [-0.2, -0.15) is 0 Å². The molecule has 2 aromatic rings. The number of anilines is 1. The van der Waals surface area contributed by atoms with Gasteiger partial charge < -0.3 is 15.0 Å². The van der Waals surface area contributed by atoms with E-state index in [4.69, 9.17) is 16.3 Å². The number of rotatable bonds is 13. The Kier molecular flexibility index (Phi) is 11.5. The molecule has 0 heterocycles. The van der Waals surface area contributed by atoms with Crippen LogP contribution in [0.3, 0.4) is 0 Å². The normalized spacial score (nSPS) is 12.5. The van der Waals surface area contributed by atoms with Crippen LogP contribution < -0.4 is 14.4 Å². The van der Waals surface area contributed by atoms with Crippen molar-refractivity contribution in [2.75, 3.05) is 23.7 Å². The van der Waals surface area contributed by atoms with Crippen molar-refractivity contribution in [3.05, 3.63) is 59.1 Å². The highest BCUT2D eigenvalue weighted by atomic mass is 35.5. The largest absolute Gasteiger partial charge is 0.492 e. The predicted octanol–water partition coefficient (Wildman–Crippen LogP) is 5.01. The van der Waals surface area contributed by atoms with Crippen LogP contribution in [0, 0.1) is 0 Å². The van der Waals surface area contributed by atoms with Crippen molar-refractivity contribution < 1.29 is 22.7 Å². The third-order valence-corrected chi connectivity index (χ3v) is 7.17. The van der Waals surface area contributed by atoms with Crippen molar-refractivity contribution in [1.29, 1.82) is 0 Å². The molecule has 0 saturated heterocycles. The lowest BCUT2D eigenvalue weighted by Crippen LogP contribution is -2.53. The summed E-state index contributed by atoms with van der Waals surface area (Å²) in [6, 6.07) is 13.4. The molecule has 1 N–H and O–H groups in total. The van der Waals surface area contributed by atoms with E-state index in [0.717, 1.165) is 11.8 Å². The molecule has 0 aliphatic heterocycles. The number of hydrogen-bond acceptors (Lipinski definition) is 5. The second kappa shape index (κ2) is 13.8. The van der Waals surface area contributed by atoms with Crippen LogP contribution in [0.5, 0.6) is 5.75 Å². The Bertz CT molecular complexity index is 1180. The van der Waals surface area contributed by atoms with Gasteiger partial charge >= 0.3 is 0 Å². The van der Waals surface area contributed by atoms with Crippen LogP contribution in [-0.4, -0.2) is 56.1 Å². The quantitative estimate of drug-likeness (QED) is 0.368. The zero-order valence-corrected chi connectivity index (χ0v) is 24.7. The van der Waals surface area contributed by atoms with Crippen LogP contribution in [0.15, 0.2) is 48.5 Å². The van der Waals surface area contributed by atoms with Crippen molar-refractivity contribution >= 4 is 39.1 Å². The fourth-order valence-corrected chi connectivity index (χ4v) is 5.18. The van der Waals surface area contributed by atoms with Gasteiger partial charge in [0.1, 0.15) is 11.8 Å². The van der Waals surface area contributed by atoms with Gasteiger partial charge in [0.25, 0.3) is 0 Å². The number of carbonyl (C=O) groups is 2. The number of hydrogen-bond donors (Lipinski definition) is 1. The summed E-state index contributed by atoms with van der Waals surface area (Å²) in [6.45, 7) is 10.1. The van der Waals surface area contributed by atoms with Crippen LogP contribution in [0.2, 0.25) is 5.02 Å². The monoisotopic (exact) mass is 565 g/mol. The average Bonchev–Trinajstić information content (AvgIpc) is 2.82. The van der Waals surface area contributed by atoms with E-state index in [1.54, 1.807) is 41.3 Å². The molecule has 2 aromatic carbocycles. The molecule has 2 amide bonds. The first-order valence-corrected chi connectivity index (χ1v) is 15.0. The summed E-state index contributed by atoms with van der Waals surface area (Å²) < 4.78 is 32.2. The molecule has 0 spiro atoms. The lowest BCUT2D eigenvalue weighted by molar-refractivity contribution is -0.142. The number of halogens is 1. The second-order valence-electron chi connectivity index (χ2n) is 10.2. The topological polar surface area (TPSA) is 96.0 Å². The molecular weight excluding hydrogens is 526 g/mol. The van der Waals surface area contributed by atoms with Crippen molar-refractivity contribution in [3.63, 3.8) is 0 Å². The summed E-state index contributed by atoms with van der Waals surface area (Å²) in [5.41, 5.74) is 0.815. The van der Waals surface area contributed by atoms with Crippen LogP contribution >= 0.6 is 11.6 Å². The average molecular weight is 566 g/mol. The minimum absolute atomic E-state index is 0.0652. The Balaban J connectivity index is 2.27. The Morgan fingerprint density at radius 1 is 1.05 bits per heavy atom. The lowest BCUT2D eigenvalue weighted by atomic mass is 10.0. The maximum absolute atomic E-state index is 13.5. The molecule has 0 aromatic heterocycles. The molecule has 0 bridgehead atoms. The van der Waals surface area contributed by atoms with Gasteiger partial charge in [0.15, 0.2) is 0 Å². The fourth-order valence-electron chi connectivity index (χ4n) is 4.08. The smallest absolute Gasteiger partial charge is 0.243 e. The highest BCUT2D eigenvalue weighted by molar-refractivity contribution is 7.92. The Labute approximate surface area is 232 Å². The summed E-state index contributed by atoms with van der Waals surface area (Å²) in [6.07, 6.45) is 1.89. The van der Waals surface area contributed by atoms with Gasteiger partial charge in [-0.1, -0.05) is 42.8 Å². The van der Waals surface area contributed by atoms with Gasteiger partial charge in [-0.05, 0) is 70.4 Å². The Morgan fingerprint density at radius 3 is 2.24 bits per heavy atom. The summed E-state index contributed by atoms with van der Waals surface area (Å²) in [7, 11) is -3.63. The molecule has 2 rings (SSSR count). The van der Waals surface area contributed by atoms with Gasteiger partial charge in [0.2, 0.25) is 21.8 Å². The number of sulfonamides is 1. The molecule has 10 heteroatoms. The van der Waals surface area contributed by atoms with E-state index >= 15 is 0 Å². The molecule has 0 aliphatic rings. The van der Waals surface area contributed by atoms with E-state index in [1.165, 1.54) is 4.31 Å². The number of nitrogens with one attached hydrogen (secondary N) is 1. The number of ether oxygens (including phenoxy) is 1. The van der Waals surface area contributed by atoms with Crippen molar-refractivity contribution in [3.8, 4) is 5.75 Å². The summed E-state index contributed by atoms with van der Waals surface area (Å²) in [4.78, 5) is 28.3. The highest BCUT2D eigenvalue weighted by Gasteiger charge is 2.31. The number of carbonyl (C=O) groups excluding carboxylic acids is 2. The van der Waals surface area contributed by atoms with Crippen molar-refractivity contribution in [2.45, 2.75) is 72.0 Å². The minimum Gasteiger partial charge on any atom is -0.492 e. The predicted molar refractivity (Wildman–Crippen MR) is 153 cm³/mol. The summed E-state index contributed by atoms with van der Waals surface area (Å²) in [5, 5.41) is 3.56. The zero-order chi connectivity index (χ0) is 28.5. The van der Waals surface area contributed by atoms with Crippen molar-refractivity contribution in [1.82, 2.24) is 10.2 Å². The number of amides is 2. The van der Waals surface area contributed by atoms with Crippen molar-refractivity contribution in [2.24, 2.45) is 0 Å². The van der Waals surface area contributed by atoms with Gasteiger partial charge in [-0.25, -0.2) is 8.42 Å². The SMILES string of the molecule is CCOc1ccccc1N(CCCC(=O)N(Cc1ccc(Cl)cc1)[C@@H](CC)C(=O)NC(C)(C)C)S(C)(=O)=O. The highest BCUT2D eigenvalue weighted by Crippen LogP contribution is 2.30. The molecule has 0 saturated carbocycles. The van der Waals surface area contributed by atoms with E-state index < -0.39 is 21.6 Å². The van der Waals surface area contributed by atoms with Gasteiger partial charge in [0.05, 0.1) is 18.6 Å². The van der Waals surface area contributed by atoms with E-state index in [-0.39, 0.29) is 37.7 Å². The van der Waals surface area contributed by atoms with Crippen LogP contribution in [0.25, 0.3) is 0 Å². The van der Waals surface area contributed by atoms with Gasteiger partial charge in [-0.15, -0.1) is 0 Å². The van der Waals surface area contributed by atoms with E-state index in [1.807, 2.05) is 46.8 Å². The minimum atomic E-state index is -3.63. The number of para-hydroxylation sites is 2. The molecular formula is C28H40ClN3O5S. The first kappa shape index (κ1) is 31.4. The van der Waals surface area contributed by atoms with Gasteiger partial charge in [-0.3, -0.25) is 13.9 Å². The fraction of sp³-hybridized carbons (Fsp3) is 0.500. The van der Waals surface area contributed by atoms with E-state index in [2.05, 4.69) is 5.32 Å². The Hall–Kier alpha value is -2.78. The molecule has 0 unspecified atom stereocenters. The molecule has 210 valence electrons. The maximum atomic E-state index is 13.5. The lowest BCUT2D eigenvalue weighted by Gasteiger charge is -2.33. The van der Waals surface area contributed by atoms with Crippen LogP contribution in [-0.2, 0) is 26.2 Å². The first-order valence-electron chi connectivity index (χ1n) is 12.8. The zero-order valence-electron chi connectivity index (χ0n) is 23.2. The number of nitrogens with zero attached hydrogens (tertiary/aromatic N) is 2. The molecule has 8 nitrogen and oxygen atoms in total. The molecule has 1 atom stereocenters. The van der Waals surface area contributed by atoms with Gasteiger partial charge in [0, 0.05) is 30.1 Å². The van der Waals surface area contributed by atoms with Crippen LogP contribution in [0.1, 0.15) is 59.4 Å². The van der Waals surface area contributed by atoms with E-state index in [0.29, 0.717) is 29.5 Å². The molecule has 0 fully saturated rings. The molecule has 38 heavy (non-hydrogen) atoms. The standard InChI is InChI=1S/C28H40ClN3O5S/c1-7-23(27(34)30-28(3,4)5)31(20-21-15-17-22(29)18-16-21)26(33)14-11-19-32(38(6,35)36)24-12-9-10-13-25(24)37-8-2/h9-10,12-13,15-18,23H,7-8,11,14,19-20H2,1-6H3,(H,30,34)/t23-/m0/s1. The third-order valence-electron chi connectivity index (χ3n) is 5.74. The third kappa shape index (κ3) is 9.51. The maximum Gasteiger partial charge on any atom is 0.243 e. The van der Waals surface area contributed by atoms with E-state index in [9.17, 15) is 18.0 Å². The second-order valence-corrected chi connectivity index (χ2v) is 12.5. The number of benzene rings is 2. The van der Waals surface area contributed by atoms with Crippen LogP contribution in [0.4, 0.5) is 5.69 Å². The summed E-state index contributed by atoms with van der Waals surface area (Å²) in [5.74, 6) is -0.00543. The molecule has 0 radical (unpaired) electrons. The first-order chi connectivity index (χ1) is 17.8.